The van der Waals surface area contributed by atoms with Crippen LogP contribution in [-0.4, -0.2) is 18.2 Å². The zero-order valence-electron chi connectivity index (χ0n) is 10.7. The van der Waals surface area contributed by atoms with Crippen molar-refractivity contribution in [1.82, 2.24) is 0 Å². The molecule has 0 saturated heterocycles. The van der Waals surface area contributed by atoms with Gasteiger partial charge in [-0.25, -0.2) is 8.78 Å². The molecule has 0 fully saturated rings. The fourth-order valence-electron chi connectivity index (χ4n) is 1.82. The number of rotatable bonds is 7. The van der Waals surface area contributed by atoms with Crippen molar-refractivity contribution in [2.45, 2.75) is 31.7 Å². The summed E-state index contributed by atoms with van der Waals surface area (Å²) in [6.45, 7) is 0. The van der Waals surface area contributed by atoms with E-state index in [0.717, 1.165) is 12.1 Å². The fourth-order valence-corrected chi connectivity index (χ4v) is 1.82. The van der Waals surface area contributed by atoms with Gasteiger partial charge in [0, 0.05) is 30.2 Å². The largest absolute Gasteiger partial charge is 0.497 e. The van der Waals surface area contributed by atoms with E-state index in [1.807, 2.05) is 0 Å². The molecule has 0 amide bonds. The van der Waals surface area contributed by atoms with Gasteiger partial charge >= 0.3 is 5.97 Å². The average molecular weight is 273 g/mol. The minimum Gasteiger partial charge on any atom is -0.497 e. The van der Waals surface area contributed by atoms with Gasteiger partial charge in [-0.3, -0.25) is 4.79 Å². The lowest BCUT2D eigenvalue weighted by molar-refractivity contribution is -0.137. The summed E-state index contributed by atoms with van der Waals surface area (Å²) in [5.74, 6) is -2.29. The zero-order valence-corrected chi connectivity index (χ0v) is 10.7. The van der Waals surface area contributed by atoms with Crippen LogP contribution in [0.1, 0.15) is 37.3 Å². The molecule has 4 nitrogen and oxygen atoms in total. The van der Waals surface area contributed by atoms with E-state index < -0.39 is 23.6 Å². The molecule has 0 aliphatic heterocycles. The van der Waals surface area contributed by atoms with Crippen LogP contribution in [0.25, 0.3) is 0 Å². The Morgan fingerprint density at radius 2 is 1.95 bits per heavy atom. The molecule has 0 heterocycles. The lowest BCUT2D eigenvalue weighted by atomic mass is 10.00. The topological polar surface area (TPSA) is 72.5 Å². The molecule has 1 aromatic rings. The normalized spacial score (nSPS) is 12.2. The predicted octanol–water partition coefficient (Wildman–Crippen LogP) is 2.62. The van der Waals surface area contributed by atoms with Crippen molar-refractivity contribution in [3.8, 4) is 5.75 Å². The number of unbranched alkanes of at least 4 members (excludes halogenated alkanes) is 1. The molecule has 0 radical (unpaired) electrons. The van der Waals surface area contributed by atoms with Crippen LogP contribution in [0.15, 0.2) is 12.1 Å². The molecule has 19 heavy (non-hydrogen) atoms. The monoisotopic (exact) mass is 273 g/mol. The van der Waals surface area contributed by atoms with Crippen molar-refractivity contribution in [1.29, 1.82) is 0 Å². The highest BCUT2D eigenvalue weighted by Crippen LogP contribution is 2.27. The molecule has 1 aromatic carbocycles. The van der Waals surface area contributed by atoms with Gasteiger partial charge in [0.2, 0.25) is 0 Å². The Kier molecular flexibility index (Phi) is 5.69. The first-order valence-electron chi connectivity index (χ1n) is 5.96. The Morgan fingerprint density at radius 3 is 2.42 bits per heavy atom. The Balaban J connectivity index is 2.66. The van der Waals surface area contributed by atoms with E-state index in [1.165, 1.54) is 7.11 Å². The number of carboxylic acid groups (broad SMARTS) is 1. The van der Waals surface area contributed by atoms with E-state index >= 15 is 0 Å². The molecule has 0 aliphatic rings. The maximum atomic E-state index is 13.7. The number of benzene rings is 1. The Bertz CT molecular complexity index is 429. The van der Waals surface area contributed by atoms with Crippen LogP contribution < -0.4 is 10.5 Å². The molecule has 1 unspecified atom stereocenters. The summed E-state index contributed by atoms with van der Waals surface area (Å²) in [7, 11) is 1.32. The molecule has 0 aromatic heterocycles. The number of ether oxygens (including phenoxy) is 1. The summed E-state index contributed by atoms with van der Waals surface area (Å²) in [4.78, 5) is 10.3. The number of carboxylic acids is 1. The number of carbonyl (C=O) groups is 1. The minimum atomic E-state index is -0.893. The Labute approximate surface area is 110 Å². The van der Waals surface area contributed by atoms with E-state index in [2.05, 4.69) is 0 Å². The highest BCUT2D eigenvalue weighted by Gasteiger charge is 2.18. The molecule has 1 atom stereocenters. The molecule has 0 saturated carbocycles. The highest BCUT2D eigenvalue weighted by molar-refractivity contribution is 5.66. The number of aliphatic carboxylic acids is 1. The predicted molar refractivity (Wildman–Crippen MR) is 65.9 cm³/mol. The Hall–Kier alpha value is -1.69. The number of hydrogen-bond donors (Lipinski definition) is 2. The van der Waals surface area contributed by atoms with E-state index in [-0.39, 0.29) is 17.7 Å². The van der Waals surface area contributed by atoms with Crippen molar-refractivity contribution in [3.63, 3.8) is 0 Å². The summed E-state index contributed by atoms with van der Waals surface area (Å²) in [6, 6.07) is 1.37. The number of halogens is 2. The molecular formula is C13H17F2NO3. The number of methoxy groups -OCH3 is 1. The smallest absolute Gasteiger partial charge is 0.303 e. The van der Waals surface area contributed by atoms with Crippen LogP contribution in [0.5, 0.6) is 5.75 Å². The van der Waals surface area contributed by atoms with Crippen LogP contribution in [0, 0.1) is 11.6 Å². The van der Waals surface area contributed by atoms with Crippen molar-refractivity contribution in [2.75, 3.05) is 7.11 Å². The van der Waals surface area contributed by atoms with Gasteiger partial charge in [0.25, 0.3) is 0 Å². The highest BCUT2D eigenvalue weighted by atomic mass is 19.1. The molecule has 0 aliphatic carbocycles. The maximum absolute atomic E-state index is 13.7. The maximum Gasteiger partial charge on any atom is 0.303 e. The quantitative estimate of drug-likeness (QED) is 0.749. The van der Waals surface area contributed by atoms with Gasteiger partial charge in [-0.2, -0.15) is 0 Å². The second-order valence-electron chi connectivity index (χ2n) is 4.25. The van der Waals surface area contributed by atoms with Crippen LogP contribution in [0.4, 0.5) is 8.78 Å². The summed E-state index contributed by atoms with van der Waals surface area (Å²) >= 11 is 0. The van der Waals surface area contributed by atoms with Gasteiger partial charge < -0.3 is 15.6 Å². The van der Waals surface area contributed by atoms with Crippen LogP contribution in [0.3, 0.4) is 0 Å². The molecular weight excluding hydrogens is 256 g/mol. The van der Waals surface area contributed by atoms with E-state index in [0.29, 0.717) is 19.3 Å². The number of hydrogen-bond acceptors (Lipinski definition) is 3. The van der Waals surface area contributed by atoms with Gasteiger partial charge in [-0.05, 0) is 12.8 Å². The third-order valence-electron chi connectivity index (χ3n) is 2.81. The van der Waals surface area contributed by atoms with Crippen molar-refractivity contribution >= 4 is 5.97 Å². The van der Waals surface area contributed by atoms with Crippen LogP contribution >= 0.6 is 0 Å². The second-order valence-corrected chi connectivity index (χ2v) is 4.25. The summed E-state index contributed by atoms with van der Waals surface area (Å²) in [6.07, 6.45) is 1.29. The third-order valence-corrected chi connectivity index (χ3v) is 2.81. The van der Waals surface area contributed by atoms with Gasteiger partial charge in [0.15, 0.2) is 0 Å². The summed E-state index contributed by atoms with van der Waals surface area (Å²) in [5, 5.41) is 8.48. The van der Waals surface area contributed by atoms with Gasteiger partial charge in [0.05, 0.1) is 7.11 Å². The van der Waals surface area contributed by atoms with E-state index in [1.54, 1.807) is 0 Å². The van der Waals surface area contributed by atoms with E-state index in [9.17, 15) is 13.6 Å². The molecule has 0 spiro atoms. The molecule has 6 heteroatoms. The summed E-state index contributed by atoms with van der Waals surface area (Å²) in [5.41, 5.74) is 5.55. The molecule has 1 rings (SSSR count). The van der Waals surface area contributed by atoms with E-state index in [4.69, 9.17) is 15.6 Å². The van der Waals surface area contributed by atoms with Crippen molar-refractivity contribution in [2.24, 2.45) is 5.73 Å². The average Bonchev–Trinajstić information content (AvgIpc) is 2.33. The second kappa shape index (κ2) is 7.04. The van der Waals surface area contributed by atoms with Gasteiger partial charge in [-0.1, -0.05) is 6.42 Å². The van der Waals surface area contributed by atoms with Crippen LogP contribution in [-0.2, 0) is 4.79 Å². The zero-order chi connectivity index (χ0) is 14.4. The lowest BCUT2D eigenvalue weighted by Gasteiger charge is -2.14. The third kappa shape index (κ3) is 4.48. The summed E-state index contributed by atoms with van der Waals surface area (Å²) < 4.78 is 32.1. The number of nitrogens with two attached hydrogens (primary N) is 1. The van der Waals surface area contributed by atoms with Gasteiger partial charge in [0.1, 0.15) is 17.4 Å². The van der Waals surface area contributed by atoms with Gasteiger partial charge in [-0.15, -0.1) is 0 Å². The first kappa shape index (κ1) is 15.4. The first-order chi connectivity index (χ1) is 8.95. The SMILES string of the molecule is COc1cc(F)c(C(N)CCCCC(=O)O)c(F)c1. The first-order valence-corrected chi connectivity index (χ1v) is 5.96. The standard InChI is InChI=1S/C13H17F2NO3/c1-19-8-6-9(14)13(10(15)7-8)11(16)4-2-3-5-12(17)18/h6-7,11H,2-5,16H2,1H3,(H,17,18). The van der Waals surface area contributed by atoms with Crippen molar-refractivity contribution in [3.05, 3.63) is 29.3 Å². The fraction of sp³-hybridized carbons (Fsp3) is 0.462. The minimum absolute atomic E-state index is 0.0281. The lowest BCUT2D eigenvalue weighted by Crippen LogP contribution is -2.14. The Morgan fingerprint density at radius 1 is 1.37 bits per heavy atom. The molecule has 106 valence electrons. The molecule has 0 bridgehead atoms. The van der Waals surface area contributed by atoms with Crippen LogP contribution in [0.2, 0.25) is 0 Å². The molecule has 3 N–H and O–H groups in total. The van der Waals surface area contributed by atoms with Crippen molar-refractivity contribution < 1.29 is 23.4 Å².